The van der Waals surface area contributed by atoms with Gasteiger partial charge in [0.1, 0.15) is 5.75 Å². The first-order valence-electron chi connectivity index (χ1n) is 5.55. The van der Waals surface area contributed by atoms with Gasteiger partial charge in [-0.1, -0.05) is 6.07 Å². The Morgan fingerprint density at radius 1 is 1.31 bits per heavy atom. The summed E-state index contributed by atoms with van der Waals surface area (Å²) in [6, 6.07) is 5.94. The van der Waals surface area contributed by atoms with Crippen LogP contribution < -0.4 is 10.1 Å². The Hall–Kier alpha value is -1.51. The third-order valence-electron chi connectivity index (χ3n) is 2.23. The molecule has 1 aromatic carbocycles. The van der Waals surface area contributed by atoms with Gasteiger partial charge >= 0.3 is 0 Å². The van der Waals surface area contributed by atoms with Crippen molar-refractivity contribution < 1.29 is 9.53 Å². The van der Waals surface area contributed by atoms with Gasteiger partial charge in [0.25, 0.3) is 5.91 Å². The average molecular weight is 221 g/mol. The van der Waals surface area contributed by atoms with Gasteiger partial charge in [0.15, 0.2) is 6.10 Å². The lowest BCUT2D eigenvalue weighted by Crippen LogP contribution is -2.36. The maximum absolute atomic E-state index is 11.5. The van der Waals surface area contributed by atoms with E-state index in [4.69, 9.17) is 4.74 Å². The molecule has 3 heteroatoms. The smallest absolute Gasteiger partial charge is 0.260 e. The normalized spacial score (nSPS) is 12.0. The number of hydrogen-bond donors (Lipinski definition) is 1. The summed E-state index contributed by atoms with van der Waals surface area (Å²) in [4.78, 5) is 11.5. The first kappa shape index (κ1) is 12.6. The summed E-state index contributed by atoms with van der Waals surface area (Å²) >= 11 is 0. The molecule has 88 valence electrons. The molecule has 0 radical (unpaired) electrons. The molecule has 0 unspecified atom stereocenters. The van der Waals surface area contributed by atoms with Crippen LogP contribution in [0.3, 0.4) is 0 Å². The molecular weight excluding hydrogens is 202 g/mol. The number of aryl methyl sites for hydroxylation is 2. The Morgan fingerprint density at radius 2 is 1.88 bits per heavy atom. The Labute approximate surface area is 96.8 Å². The van der Waals surface area contributed by atoms with Crippen LogP contribution in [0.5, 0.6) is 5.75 Å². The monoisotopic (exact) mass is 221 g/mol. The zero-order valence-electron chi connectivity index (χ0n) is 10.3. The number of ether oxygens (including phenoxy) is 1. The number of amides is 1. The predicted molar refractivity (Wildman–Crippen MR) is 64.7 cm³/mol. The minimum Gasteiger partial charge on any atom is -0.481 e. The van der Waals surface area contributed by atoms with E-state index in [1.54, 1.807) is 6.92 Å². The number of carbonyl (C=O) groups excluding carboxylic acids is 1. The molecule has 0 aliphatic heterocycles. The lowest BCUT2D eigenvalue weighted by molar-refractivity contribution is -0.127. The molecule has 0 aliphatic rings. The zero-order chi connectivity index (χ0) is 12.1. The minimum absolute atomic E-state index is 0.0818. The Morgan fingerprint density at radius 3 is 2.38 bits per heavy atom. The standard InChI is InChI=1S/C13H19NO2/c1-5-14-13(15)11(4)16-12-7-9(2)6-10(3)8-12/h6-8,11H,5H2,1-4H3,(H,14,15)/t11-/m0/s1. The summed E-state index contributed by atoms with van der Waals surface area (Å²) in [7, 11) is 0. The second kappa shape index (κ2) is 5.54. The van der Waals surface area contributed by atoms with Gasteiger partial charge in [0.2, 0.25) is 0 Å². The molecule has 0 saturated carbocycles. The summed E-state index contributed by atoms with van der Waals surface area (Å²) in [5, 5.41) is 2.73. The van der Waals surface area contributed by atoms with E-state index >= 15 is 0 Å². The Bertz CT molecular complexity index is 354. The van der Waals surface area contributed by atoms with Gasteiger partial charge in [-0.2, -0.15) is 0 Å². The molecule has 0 heterocycles. The van der Waals surface area contributed by atoms with Crippen molar-refractivity contribution in [3.05, 3.63) is 29.3 Å². The highest BCUT2D eigenvalue weighted by atomic mass is 16.5. The molecule has 0 fully saturated rings. The molecule has 16 heavy (non-hydrogen) atoms. The van der Waals surface area contributed by atoms with E-state index in [9.17, 15) is 4.79 Å². The number of hydrogen-bond acceptors (Lipinski definition) is 2. The van der Waals surface area contributed by atoms with E-state index in [1.807, 2.05) is 32.9 Å². The molecule has 0 aliphatic carbocycles. The van der Waals surface area contributed by atoms with Gasteiger partial charge in [-0.15, -0.1) is 0 Å². The van der Waals surface area contributed by atoms with E-state index in [0.717, 1.165) is 16.9 Å². The third-order valence-corrected chi connectivity index (χ3v) is 2.23. The quantitative estimate of drug-likeness (QED) is 0.846. The summed E-state index contributed by atoms with van der Waals surface area (Å²) in [6.45, 7) is 8.29. The molecule has 0 bridgehead atoms. The van der Waals surface area contributed by atoms with Crippen molar-refractivity contribution in [2.45, 2.75) is 33.8 Å². The molecule has 0 aromatic heterocycles. The first-order valence-corrected chi connectivity index (χ1v) is 5.55. The van der Waals surface area contributed by atoms with E-state index in [0.29, 0.717) is 6.54 Å². The van der Waals surface area contributed by atoms with Crippen LogP contribution in [0.1, 0.15) is 25.0 Å². The number of rotatable bonds is 4. The van der Waals surface area contributed by atoms with Crippen molar-refractivity contribution in [2.75, 3.05) is 6.54 Å². The fourth-order valence-electron chi connectivity index (χ4n) is 1.58. The van der Waals surface area contributed by atoms with Crippen LogP contribution in [0.15, 0.2) is 18.2 Å². The molecule has 0 saturated heterocycles. The average Bonchev–Trinajstić information content (AvgIpc) is 2.16. The SMILES string of the molecule is CCNC(=O)[C@H](C)Oc1cc(C)cc(C)c1. The van der Waals surface area contributed by atoms with E-state index in [-0.39, 0.29) is 5.91 Å². The van der Waals surface area contributed by atoms with Gasteiger partial charge in [-0.05, 0) is 51.0 Å². The second-order valence-corrected chi connectivity index (χ2v) is 3.98. The van der Waals surface area contributed by atoms with Crippen molar-refractivity contribution in [1.29, 1.82) is 0 Å². The zero-order valence-corrected chi connectivity index (χ0v) is 10.3. The molecular formula is C13H19NO2. The number of likely N-dealkylation sites (N-methyl/N-ethyl adjacent to an activating group) is 1. The fourth-order valence-corrected chi connectivity index (χ4v) is 1.58. The van der Waals surface area contributed by atoms with Crippen LogP contribution >= 0.6 is 0 Å². The molecule has 1 amide bonds. The van der Waals surface area contributed by atoms with Crippen molar-refractivity contribution in [2.24, 2.45) is 0 Å². The van der Waals surface area contributed by atoms with Crippen LogP contribution in [0.25, 0.3) is 0 Å². The Balaban J connectivity index is 2.69. The number of nitrogens with one attached hydrogen (secondary N) is 1. The summed E-state index contributed by atoms with van der Waals surface area (Å²) in [5.41, 5.74) is 2.27. The van der Waals surface area contributed by atoms with E-state index < -0.39 is 6.10 Å². The summed E-state index contributed by atoms with van der Waals surface area (Å²) in [5.74, 6) is 0.665. The Kier molecular flexibility index (Phi) is 4.35. The maximum atomic E-state index is 11.5. The van der Waals surface area contributed by atoms with Crippen molar-refractivity contribution in [1.82, 2.24) is 5.32 Å². The molecule has 0 spiro atoms. The van der Waals surface area contributed by atoms with Gasteiger partial charge in [0.05, 0.1) is 0 Å². The van der Waals surface area contributed by atoms with Crippen LogP contribution in [0.4, 0.5) is 0 Å². The topological polar surface area (TPSA) is 38.3 Å². The first-order chi connectivity index (χ1) is 7.52. The molecule has 1 aromatic rings. The van der Waals surface area contributed by atoms with Crippen LogP contribution in [-0.2, 0) is 4.79 Å². The van der Waals surface area contributed by atoms with Crippen molar-refractivity contribution >= 4 is 5.91 Å². The van der Waals surface area contributed by atoms with Gasteiger partial charge in [-0.25, -0.2) is 0 Å². The maximum Gasteiger partial charge on any atom is 0.260 e. The molecule has 1 N–H and O–H groups in total. The van der Waals surface area contributed by atoms with Gasteiger partial charge < -0.3 is 10.1 Å². The van der Waals surface area contributed by atoms with Crippen LogP contribution in [0, 0.1) is 13.8 Å². The highest BCUT2D eigenvalue weighted by Gasteiger charge is 2.13. The lowest BCUT2D eigenvalue weighted by atomic mass is 10.1. The largest absolute Gasteiger partial charge is 0.481 e. The highest BCUT2D eigenvalue weighted by Crippen LogP contribution is 2.17. The summed E-state index contributed by atoms with van der Waals surface area (Å²) < 4.78 is 5.58. The van der Waals surface area contributed by atoms with Crippen molar-refractivity contribution in [3.8, 4) is 5.75 Å². The number of carbonyl (C=O) groups is 1. The fraction of sp³-hybridized carbons (Fsp3) is 0.462. The lowest BCUT2D eigenvalue weighted by Gasteiger charge is -2.14. The van der Waals surface area contributed by atoms with E-state index in [1.165, 1.54) is 0 Å². The van der Waals surface area contributed by atoms with Crippen LogP contribution in [-0.4, -0.2) is 18.6 Å². The predicted octanol–water partition coefficient (Wildman–Crippen LogP) is 2.21. The van der Waals surface area contributed by atoms with E-state index in [2.05, 4.69) is 11.4 Å². The minimum atomic E-state index is -0.457. The molecule has 3 nitrogen and oxygen atoms in total. The van der Waals surface area contributed by atoms with Gasteiger partial charge in [0, 0.05) is 6.54 Å². The highest BCUT2D eigenvalue weighted by molar-refractivity contribution is 5.80. The van der Waals surface area contributed by atoms with Gasteiger partial charge in [-0.3, -0.25) is 4.79 Å². The summed E-state index contributed by atoms with van der Waals surface area (Å²) in [6.07, 6.45) is -0.457. The molecule has 1 atom stereocenters. The molecule has 1 rings (SSSR count). The second-order valence-electron chi connectivity index (χ2n) is 3.98. The van der Waals surface area contributed by atoms with Crippen molar-refractivity contribution in [3.63, 3.8) is 0 Å². The third kappa shape index (κ3) is 3.57. The number of benzene rings is 1. The van der Waals surface area contributed by atoms with Crippen LogP contribution in [0.2, 0.25) is 0 Å².